The molecule has 10 nitrogen and oxygen atoms in total. The second kappa shape index (κ2) is 7.60. The van der Waals surface area contributed by atoms with Crippen LogP contribution in [-0.2, 0) is 11.3 Å². The fourth-order valence-electron chi connectivity index (χ4n) is 3.74. The van der Waals surface area contributed by atoms with Crippen LogP contribution in [0.4, 0.5) is 11.6 Å². The Hall–Kier alpha value is -3.57. The fourth-order valence-corrected chi connectivity index (χ4v) is 4.79. The van der Waals surface area contributed by atoms with E-state index in [2.05, 4.69) is 41.7 Å². The summed E-state index contributed by atoms with van der Waals surface area (Å²) in [5, 5.41) is 18.3. The molecule has 0 amide bonds. The van der Waals surface area contributed by atoms with Gasteiger partial charge in [-0.25, -0.2) is 9.97 Å². The number of thiophene rings is 1. The molecule has 0 unspecified atom stereocenters. The maximum Gasteiger partial charge on any atom is 0.164 e. The minimum absolute atomic E-state index is 0.652. The lowest BCUT2D eigenvalue weighted by Gasteiger charge is -2.28. The number of hydrogen-bond acceptors (Lipinski definition) is 9. The monoisotopic (exact) mass is 433 g/mol. The predicted molar refractivity (Wildman–Crippen MR) is 119 cm³/mol. The molecule has 31 heavy (non-hydrogen) atoms. The van der Waals surface area contributed by atoms with Crippen LogP contribution in [0, 0.1) is 0 Å². The summed E-state index contributed by atoms with van der Waals surface area (Å²) in [6, 6.07) is 4.03. The summed E-state index contributed by atoms with van der Waals surface area (Å²) in [6.07, 6.45) is 7.08. The van der Waals surface area contributed by atoms with Crippen LogP contribution in [0.2, 0.25) is 0 Å². The molecular weight excluding hydrogens is 414 g/mol. The first-order chi connectivity index (χ1) is 15.3. The van der Waals surface area contributed by atoms with Crippen molar-refractivity contribution in [2.45, 2.75) is 6.54 Å². The third-order valence-electron chi connectivity index (χ3n) is 5.28. The Kier molecular flexibility index (Phi) is 4.47. The Balaban J connectivity index is 1.46. The molecule has 0 saturated carbocycles. The van der Waals surface area contributed by atoms with Crippen molar-refractivity contribution in [3.05, 3.63) is 41.8 Å². The summed E-state index contributed by atoms with van der Waals surface area (Å²) in [5.74, 6) is 2.48. The van der Waals surface area contributed by atoms with Crippen molar-refractivity contribution in [1.29, 1.82) is 0 Å². The summed E-state index contributed by atoms with van der Waals surface area (Å²) in [6.45, 7) is 3.68. The zero-order chi connectivity index (χ0) is 20.6. The van der Waals surface area contributed by atoms with E-state index in [0.717, 1.165) is 51.4 Å². The van der Waals surface area contributed by atoms with Crippen LogP contribution in [0.25, 0.3) is 32.5 Å². The van der Waals surface area contributed by atoms with E-state index >= 15 is 0 Å². The van der Waals surface area contributed by atoms with Crippen LogP contribution >= 0.6 is 11.3 Å². The first kappa shape index (κ1) is 18.2. The van der Waals surface area contributed by atoms with Gasteiger partial charge in [-0.15, -0.1) is 11.3 Å². The largest absolute Gasteiger partial charge is 0.378 e. The molecule has 0 aromatic carbocycles. The van der Waals surface area contributed by atoms with Gasteiger partial charge in [-0.1, -0.05) is 0 Å². The molecular formula is C20H19N9OS. The number of aromatic amines is 2. The maximum atomic E-state index is 5.56. The third-order valence-corrected chi connectivity index (χ3v) is 6.40. The van der Waals surface area contributed by atoms with Crippen molar-refractivity contribution >= 4 is 44.1 Å². The molecule has 0 aliphatic carbocycles. The summed E-state index contributed by atoms with van der Waals surface area (Å²) in [5.41, 5.74) is 2.66. The highest BCUT2D eigenvalue weighted by Gasteiger charge is 2.21. The molecule has 1 saturated heterocycles. The second-order valence-corrected chi connectivity index (χ2v) is 8.38. The van der Waals surface area contributed by atoms with Crippen molar-refractivity contribution in [3.8, 4) is 11.4 Å². The topological polar surface area (TPSA) is 121 Å². The second-order valence-electron chi connectivity index (χ2n) is 7.24. The number of aromatic nitrogens is 7. The molecule has 1 aliphatic rings. The smallest absolute Gasteiger partial charge is 0.164 e. The standard InChI is InChI=1S/C20H19N9OS/c1-2-23-28-17(1)22-8-12-7-15-18(31-12)20(29-3-5-30-6-4-29)26-19(25-15)14-9-21-11-16-13(14)10-24-27-16/h1-2,7,9-11H,3-6,8H2,(H,24,27)(H2,22,23,28). The number of pyridine rings is 1. The van der Waals surface area contributed by atoms with Crippen molar-refractivity contribution in [2.24, 2.45) is 0 Å². The van der Waals surface area contributed by atoms with Gasteiger partial charge in [-0.2, -0.15) is 10.2 Å². The number of hydrogen-bond donors (Lipinski definition) is 3. The average Bonchev–Trinajstić information content (AvgIpc) is 3.57. The van der Waals surface area contributed by atoms with E-state index in [1.54, 1.807) is 36.1 Å². The Morgan fingerprint density at radius 1 is 1.10 bits per heavy atom. The average molecular weight is 434 g/mol. The molecule has 5 aromatic rings. The Bertz CT molecular complexity index is 1340. The van der Waals surface area contributed by atoms with E-state index in [1.807, 2.05) is 6.07 Å². The van der Waals surface area contributed by atoms with Gasteiger partial charge in [0.15, 0.2) is 11.6 Å². The van der Waals surface area contributed by atoms with Crippen LogP contribution < -0.4 is 10.2 Å². The minimum Gasteiger partial charge on any atom is -0.378 e. The van der Waals surface area contributed by atoms with Gasteiger partial charge in [0, 0.05) is 35.1 Å². The van der Waals surface area contributed by atoms with Crippen molar-refractivity contribution in [3.63, 3.8) is 0 Å². The summed E-state index contributed by atoms with van der Waals surface area (Å²) >= 11 is 1.71. The van der Waals surface area contributed by atoms with Crippen molar-refractivity contribution in [2.75, 3.05) is 36.5 Å². The van der Waals surface area contributed by atoms with Gasteiger partial charge in [0.2, 0.25) is 0 Å². The fraction of sp³-hybridized carbons (Fsp3) is 0.250. The highest BCUT2D eigenvalue weighted by Crippen LogP contribution is 2.35. The van der Waals surface area contributed by atoms with Gasteiger partial charge >= 0.3 is 0 Å². The van der Waals surface area contributed by atoms with E-state index in [1.165, 1.54) is 4.88 Å². The van der Waals surface area contributed by atoms with Crippen LogP contribution in [0.1, 0.15) is 4.88 Å². The van der Waals surface area contributed by atoms with E-state index in [9.17, 15) is 0 Å². The number of fused-ring (bicyclic) bond motifs is 2. The van der Waals surface area contributed by atoms with E-state index in [-0.39, 0.29) is 0 Å². The Labute approximate surface area is 180 Å². The highest BCUT2D eigenvalue weighted by atomic mass is 32.1. The zero-order valence-corrected chi connectivity index (χ0v) is 17.3. The van der Waals surface area contributed by atoms with Gasteiger partial charge in [0.1, 0.15) is 5.82 Å². The molecule has 1 fully saturated rings. The molecule has 6 rings (SSSR count). The first-order valence-corrected chi connectivity index (χ1v) is 10.8. The van der Waals surface area contributed by atoms with E-state index in [0.29, 0.717) is 25.6 Å². The summed E-state index contributed by atoms with van der Waals surface area (Å²) in [7, 11) is 0. The number of ether oxygens (including phenoxy) is 1. The van der Waals surface area contributed by atoms with E-state index < -0.39 is 0 Å². The highest BCUT2D eigenvalue weighted by molar-refractivity contribution is 7.19. The van der Waals surface area contributed by atoms with Crippen molar-refractivity contribution < 1.29 is 4.74 Å². The molecule has 0 radical (unpaired) electrons. The molecule has 6 heterocycles. The molecule has 156 valence electrons. The van der Waals surface area contributed by atoms with E-state index in [4.69, 9.17) is 14.7 Å². The molecule has 11 heteroatoms. The van der Waals surface area contributed by atoms with Gasteiger partial charge < -0.3 is 15.0 Å². The minimum atomic E-state index is 0.652. The predicted octanol–water partition coefficient (Wildman–Crippen LogP) is 2.80. The molecule has 1 aliphatic heterocycles. The SMILES string of the molecule is c1cc(NCc2cc3nc(-c4cncc5[nH]ncc45)nc(N4CCOCC4)c3s2)[nH]n1. The van der Waals surface area contributed by atoms with Gasteiger partial charge in [-0.3, -0.25) is 15.2 Å². The zero-order valence-electron chi connectivity index (χ0n) is 16.5. The van der Waals surface area contributed by atoms with Crippen LogP contribution in [0.15, 0.2) is 36.9 Å². The summed E-state index contributed by atoms with van der Waals surface area (Å²) < 4.78 is 6.64. The number of nitrogens with zero attached hydrogens (tertiary/aromatic N) is 6. The van der Waals surface area contributed by atoms with Crippen molar-refractivity contribution in [1.82, 2.24) is 35.3 Å². The molecule has 0 atom stereocenters. The number of morpholine rings is 1. The number of nitrogens with one attached hydrogen (secondary N) is 3. The lowest BCUT2D eigenvalue weighted by molar-refractivity contribution is 0.122. The van der Waals surface area contributed by atoms with Gasteiger partial charge in [-0.05, 0) is 12.1 Å². The lowest BCUT2D eigenvalue weighted by atomic mass is 10.2. The lowest BCUT2D eigenvalue weighted by Crippen LogP contribution is -2.36. The Morgan fingerprint density at radius 2 is 2.03 bits per heavy atom. The van der Waals surface area contributed by atoms with Gasteiger partial charge in [0.25, 0.3) is 0 Å². The first-order valence-electron chi connectivity index (χ1n) is 9.99. The molecule has 5 aromatic heterocycles. The summed E-state index contributed by atoms with van der Waals surface area (Å²) in [4.78, 5) is 17.7. The number of rotatable bonds is 5. The third kappa shape index (κ3) is 3.37. The number of H-pyrrole nitrogens is 2. The maximum absolute atomic E-state index is 5.56. The quantitative estimate of drug-likeness (QED) is 0.387. The van der Waals surface area contributed by atoms with Crippen LogP contribution in [0.3, 0.4) is 0 Å². The normalized spacial score (nSPS) is 14.5. The van der Waals surface area contributed by atoms with Crippen LogP contribution in [-0.4, -0.2) is 61.6 Å². The molecule has 0 spiro atoms. The van der Waals surface area contributed by atoms with Gasteiger partial charge in [0.05, 0.1) is 54.1 Å². The molecule has 3 N–H and O–H groups in total. The number of anilines is 2. The van der Waals surface area contributed by atoms with Crippen LogP contribution in [0.5, 0.6) is 0 Å². The molecule has 0 bridgehead atoms. The Morgan fingerprint density at radius 3 is 2.90 bits per heavy atom.